The third kappa shape index (κ3) is 11.9. The second kappa shape index (κ2) is 25.6. The standard InChI is InChI=1S/C54H37NO.C36H24FNO/c1-4-10-38(11-5-1)42-20-28-48(29-21-42)55(49-30-22-43(23-31-49)39-12-6-2-7-13-39)50-32-24-44(25-33-50)41-16-18-45(19-17-41)47-27-35-52-51-34-26-46(40-14-8-3-9-15-40)36-53(51)56-54(52)37-47;37-29-16-22-34-33-21-15-28(23-35(33)39-36(34)24-29)27-13-19-32(20-14-27)38(30-9-5-2-6-10-30)31-17-11-26(12-18-31)25-7-3-1-4-8-25/h1-37H;1-24H. The topological polar surface area (TPSA) is 32.8 Å². The maximum Gasteiger partial charge on any atom is 0.138 e. The van der Waals surface area contributed by atoms with Crippen LogP contribution in [0.4, 0.5) is 38.5 Å². The molecule has 0 saturated carbocycles. The molecule has 0 aliphatic carbocycles. The molecule has 5 heteroatoms. The Kier molecular flexibility index (Phi) is 15.5. The van der Waals surface area contributed by atoms with Gasteiger partial charge in [0.25, 0.3) is 0 Å². The van der Waals surface area contributed by atoms with Crippen LogP contribution in [-0.4, -0.2) is 0 Å². The van der Waals surface area contributed by atoms with Gasteiger partial charge in [0.15, 0.2) is 0 Å². The molecule has 17 rings (SSSR count). The Hall–Kier alpha value is -12.6. The van der Waals surface area contributed by atoms with Crippen LogP contribution in [-0.2, 0) is 0 Å². The molecule has 15 aromatic carbocycles. The van der Waals surface area contributed by atoms with Crippen molar-refractivity contribution in [1.82, 2.24) is 0 Å². The summed E-state index contributed by atoms with van der Waals surface area (Å²) in [6.07, 6.45) is 0. The molecule has 0 bridgehead atoms. The first-order chi connectivity index (χ1) is 47.0. The minimum atomic E-state index is -0.296. The van der Waals surface area contributed by atoms with E-state index < -0.39 is 0 Å². The molecule has 0 amide bonds. The molecule has 0 fully saturated rings. The van der Waals surface area contributed by atoms with E-state index in [-0.39, 0.29) is 5.82 Å². The van der Waals surface area contributed by atoms with Gasteiger partial charge in [-0.2, -0.15) is 0 Å². The molecule has 0 atom stereocenters. The van der Waals surface area contributed by atoms with Crippen molar-refractivity contribution in [2.24, 2.45) is 0 Å². The van der Waals surface area contributed by atoms with Crippen molar-refractivity contribution in [3.63, 3.8) is 0 Å². The van der Waals surface area contributed by atoms with E-state index in [9.17, 15) is 4.39 Å². The molecule has 0 radical (unpaired) electrons. The Morgan fingerprint density at radius 3 is 0.642 bits per heavy atom. The number of nitrogens with zero attached hydrogens (tertiary/aromatic N) is 2. The van der Waals surface area contributed by atoms with E-state index in [0.717, 1.165) is 100 Å². The Balaban J connectivity index is 0.000000160. The van der Waals surface area contributed by atoms with Crippen molar-refractivity contribution in [3.05, 3.63) is 376 Å². The summed E-state index contributed by atoms with van der Waals surface area (Å²) in [5.41, 5.74) is 26.0. The molecule has 2 heterocycles. The van der Waals surface area contributed by atoms with Gasteiger partial charge in [-0.1, -0.05) is 243 Å². The lowest BCUT2D eigenvalue weighted by Gasteiger charge is -2.26. The highest BCUT2D eigenvalue weighted by Crippen LogP contribution is 2.42. The van der Waals surface area contributed by atoms with E-state index in [2.05, 4.69) is 331 Å². The van der Waals surface area contributed by atoms with Crippen molar-refractivity contribution < 1.29 is 13.2 Å². The SMILES string of the molecule is Fc1ccc2c(c1)oc1cc(-c3ccc(N(c4ccccc4)c4ccc(-c5ccccc5)cc4)cc3)ccc12.c1ccc(-c2ccc(N(c3ccc(-c4ccccc4)cc3)c3ccc(-c4ccc(-c5ccc6c(c5)oc5cc(-c7ccccc7)ccc56)cc4)cc3)cc2)cc1. The van der Waals surface area contributed by atoms with E-state index >= 15 is 0 Å². The molecular formula is C90H61FN2O2. The highest BCUT2D eigenvalue weighted by atomic mass is 19.1. The predicted molar refractivity (Wildman–Crippen MR) is 395 cm³/mol. The van der Waals surface area contributed by atoms with E-state index in [4.69, 9.17) is 8.83 Å². The molecule has 450 valence electrons. The lowest BCUT2D eigenvalue weighted by Crippen LogP contribution is -2.09. The molecular weight excluding hydrogens is 1160 g/mol. The van der Waals surface area contributed by atoms with Gasteiger partial charge in [0, 0.05) is 61.7 Å². The monoisotopic (exact) mass is 1220 g/mol. The zero-order valence-electron chi connectivity index (χ0n) is 51.8. The number of benzene rings is 15. The zero-order chi connectivity index (χ0) is 63.4. The van der Waals surface area contributed by atoms with Gasteiger partial charge in [-0.15, -0.1) is 0 Å². The van der Waals surface area contributed by atoms with Crippen LogP contribution in [0.1, 0.15) is 0 Å². The van der Waals surface area contributed by atoms with Crippen LogP contribution >= 0.6 is 0 Å². The second-order valence-corrected chi connectivity index (χ2v) is 23.8. The van der Waals surface area contributed by atoms with Crippen molar-refractivity contribution in [2.75, 3.05) is 9.80 Å². The maximum atomic E-state index is 13.7. The van der Waals surface area contributed by atoms with Crippen LogP contribution in [0.25, 0.3) is 122 Å². The zero-order valence-corrected chi connectivity index (χ0v) is 51.8. The fourth-order valence-corrected chi connectivity index (χ4v) is 12.9. The van der Waals surface area contributed by atoms with E-state index in [1.807, 2.05) is 30.3 Å². The Morgan fingerprint density at radius 2 is 0.358 bits per heavy atom. The van der Waals surface area contributed by atoms with Gasteiger partial charge in [-0.25, -0.2) is 4.39 Å². The number of hydrogen-bond acceptors (Lipinski definition) is 4. The number of anilines is 6. The number of halogens is 1. The summed E-state index contributed by atoms with van der Waals surface area (Å²) >= 11 is 0. The van der Waals surface area contributed by atoms with Gasteiger partial charge >= 0.3 is 0 Å². The number of para-hydroxylation sites is 1. The van der Waals surface area contributed by atoms with Crippen molar-refractivity contribution >= 4 is 78.0 Å². The Morgan fingerprint density at radius 1 is 0.168 bits per heavy atom. The van der Waals surface area contributed by atoms with Gasteiger partial charge in [0.1, 0.15) is 28.1 Å². The molecule has 4 nitrogen and oxygen atoms in total. The summed E-state index contributed by atoms with van der Waals surface area (Å²) in [7, 11) is 0. The van der Waals surface area contributed by atoms with Crippen molar-refractivity contribution in [2.45, 2.75) is 0 Å². The van der Waals surface area contributed by atoms with Gasteiger partial charge in [0.2, 0.25) is 0 Å². The number of fused-ring (bicyclic) bond motifs is 6. The Labute approximate surface area is 551 Å². The van der Waals surface area contributed by atoms with Gasteiger partial charge < -0.3 is 18.6 Å². The third-order valence-electron chi connectivity index (χ3n) is 17.9. The molecule has 0 spiro atoms. The molecule has 0 N–H and O–H groups in total. The highest BCUT2D eigenvalue weighted by molar-refractivity contribution is 6.08. The molecule has 0 saturated heterocycles. The minimum Gasteiger partial charge on any atom is -0.456 e. The van der Waals surface area contributed by atoms with Crippen LogP contribution in [0.5, 0.6) is 0 Å². The number of rotatable bonds is 13. The van der Waals surface area contributed by atoms with Gasteiger partial charge in [-0.3, -0.25) is 0 Å². The predicted octanol–water partition coefficient (Wildman–Crippen LogP) is 25.9. The molecule has 0 aliphatic rings. The summed E-state index contributed by atoms with van der Waals surface area (Å²) in [4.78, 5) is 4.59. The van der Waals surface area contributed by atoms with Crippen LogP contribution in [0, 0.1) is 5.82 Å². The van der Waals surface area contributed by atoms with Crippen LogP contribution in [0.3, 0.4) is 0 Å². The van der Waals surface area contributed by atoms with E-state index in [0.29, 0.717) is 5.58 Å². The largest absolute Gasteiger partial charge is 0.456 e. The molecule has 0 aliphatic heterocycles. The average molecular weight is 1220 g/mol. The van der Waals surface area contributed by atoms with Gasteiger partial charge in [0.05, 0.1) is 0 Å². The summed E-state index contributed by atoms with van der Waals surface area (Å²) in [6, 6.07) is 129. The molecule has 0 unspecified atom stereocenters. The number of furan rings is 2. The van der Waals surface area contributed by atoms with E-state index in [1.165, 1.54) is 62.2 Å². The van der Waals surface area contributed by atoms with Crippen LogP contribution < -0.4 is 9.80 Å². The van der Waals surface area contributed by atoms with E-state index in [1.54, 1.807) is 6.07 Å². The maximum absolute atomic E-state index is 13.7. The highest BCUT2D eigenvalue weighted by Gasteiger charge is 2.18. The first kappa shape index (κ1) is 57.6. The van der Waals surface area contributed by atoms with Crippen molar-refractivity contribution in [1.29, 1.82) is 0 Å². The van der Waals surface area contributed by atoms with Crippen LogP contribution in [0.15, 0.2) is 379 Å². The summed E-state index contributed by atoms with van der Waals surface area (Å²) in [6.45, 7) is 0. The number of hydrogen-bond donors (Lipinski definition) is 0. The summed E-state index contributed by atoms with van der Waals surface area (Å²) < 4.78 is 26.1. The second-order valence-electron chi connectivity index (χ2n) is 23.8. The fourth-order valence-electron chi connectivity index (χ4n) is 12.9. The Bertz CT molecular complexity index is 5380. The molecule has 2 aromatic heterocycles. The quantitative estimate of drug-likeness (QED) is 0.115. The lowest BCUT2D eigenvalue weighted by molar-refractivity contribution is 0.618. The summed E-state index contributed by atoms with van der Waals surface area (Å²) in [5, 5.41) is 4.18. The molecule has 95 heavy (non-hydrogen) atoms. The van der Waals surface area contributed by atoms with Gasteiger partial charge in [-0.05, 0) is 199 Å². The molecule has 17 aromatic rings. The smallest absolute Gasteiger partial charge is 0.138 e. The lowest BCUT2D eigenvalue weighted by atomic mass is 9.99. The normalized spacial score (nSPS) is 11.2. The van der Waals surface area contributed by atoms with Crippen LogP contribution in [0.2, 0.25) is 0 Å². The first-order valence-electron chi connectivity index (χ1n) is 32.0. The first-order valence-corrected chi connectivity index (χ1v) is 32.0. The minimum absolute atomic E-state index is 0.296. The third-order valence-corrected chi connectivity index (χ3v) is 17.9. The fraction of sp³-hybridized carbons (Fsp3) is 0. The average Bonchev–Trinajstić information content (AvgIpc) is 1.70. The van der Waals surface area contributed by atoms with Crippen molar-refractivity contribution in [3.8, 4) is 77.9 Å². The summed E-state index contributed by atoms with van der Waals surface area (Å²) in [5.74, 6) is -0.296.